The van der Waals surface area contributed by atoms with E-state index in [1.807, 2.05) is 17.8 Å². The summed E-state index contributed by atoms with van der Waals surface area (Å²) in [6.07, 6.45) is 5.45. The summed E-state index contributed by atoms with van der Waals surface area (Å²) in [4.78, 5) is 6.61. The monoisotopic (exact) mass is 289 g/mol. The van der Waals surface area contributed by atoms with Crippen LogP contribution < -0.4 is 0 Å². The normalized spacial score (nSPS) is 16.4. The van der Waals surface area contributed by atoms with Crippen LogP contribution in [0.2, 0.25) is 0 Å². The van der Waals surface area contributed by atoms with Crippen LogP contribution in [0.15, 0.2) is 36.7 Å². The average Bonchev–Trinajstić information content (AvgIpc) is 3.24. The molecule has 1 aromatic heterocycles. The number of aliphatic hydroxyl groups is 1. The summed E-state index contributed by atoms with van der Waals surface area (Å²) < 4.78 is 14.9. The molecule has 0 spiro atoms. The van der Waals surface area contributed by atoms with E-state index in [9.17, 15) is 9.50 Å². The number of nitrogens with zero attached hydrogens (tertiary/aromatic N) is 3. The minimum Gasteiger partial charge on any atom is -0.387 e. The van der Waals surface area contributed by atoms with Crippen LogP contribution in [0.1, 0.15) is 30.3 Å². The summed E-state index contributed by atoms with van der Waals surface area (Å²) >= 11 is 0. The Morgan fingerprint density at radius 3 is 2.67 bits per heavy atom. The summed E-state index contributed by atoms with van der Waals surface area (Å²) in [5.74, 6) is 0.714. The molecule has 2 aromatic rings. The van der Waals surface area contributed by atoms with Crippen LogP contribution in [0, 0.1) is 5.82 Å². The topological polar surface area (TPSA) is 41.3 Å². The van der Waals surface area contributed by atoms with Gasteiger partial charge in [-0.05, 0) is 30.5 Å². The van der Waals surface area contributed by atoms with Crippen LogP contribution in [0.3, 0.4) is 0 Å². The van der Waals surface area contributed by atoms with Crippen molar-refractivity contribution in [1.82, 2.24) is 14.5 Å². The second-order valence-electron chi connectivity index (χ2n) is 5.68. The zero-order chi connectivity index (χ0) is 14.8. The van der Waals surface area contributed by atoms with E-state index >= 15 is 0 Å². The number of aryl methyl sites for hydroxylation is 1. The van der Waals surface area contributed by atoms with Gasteiger partial charge in [-0.3, -0.25) is 4.90 Å². The van der Waals surface area contributed by atoms with Gasteiger partial charge in [-0.15, -0.1) is 0 Å². The van der Waals surface area contributed by atoms with E-state index in [4.69, 9.17) is 0 Å². The first-order valence-corrected chi connectivity index (χ1v) is 7.27. The molecule has 0 bridgehead atoms. The number of hydrogen-bond acceptors (Lipinski definition) is 3. The first-order chi connectivity index (χ1) is 10.1. The van der Waals surface area contributed by atoms with Crippen LogP contribution >= 0.6 is 0 Å². The fourth-order valence-corrected chi connectivity index (χ4v) is 2.53. The van der Waals surface area contributed by atoms with Crippen LogP contribution in [-0.2, 0) is 13.6 Å². The molecule has 1 aromatic carbocycles. The molecule has 3 rings (SSSR count). The van der Waals surface area contributed by atoms with Crippen molar-refractivity contribution in [3.63, 3.8) is 0 Å². The largest absolute Gasteiger partial charge is 0.387 e. The van der Waals surface area contributed by atoms with Crippen molar-refractivity contribution < 1.29 is 9.50 Å². The maximum absolute atomic E-state index is 12.9. The lowest BCUT2D eigenvalue weighted by Gasteiger charge is -2.24. The third-order valence-electron chi connectivity index (χ3n) is 3.99. The first-order valence-electron chi connectivity index (χ1n) is 7.27. The molecule has 0 amide bonds. The number of hydrogen-bond donors (Lipinski definition) is 1. The number of imidazole rings is 1. The van der Waals surface area contributed by atoms with E-state index in [-0.39, 0.29) is 5.82 Å². The van der Waals surface area contributed by atoms with Crippen LogP contribution in [-0.4, -0.2) is 32.1 Å². The van der Waals surface area contributed by atoms with E-state index in [1.165, 1.54) is 25.0 Å². The van der Waals surface area contributed by atoms with Gasteiger partial charge in [0.25, 0.3) is 0 Å². The van der Waals surface area contributed by atoms with Gasteiger partial charge in [-0.2, -0.15) is 0 Å². The number of aromatic nitrogens is 2. The average molecular weight is 289 g/mol. The van der Waals surface area contributed by atoms with Gasteiger partial charge in [0.2, 0.25) is 0 Å². The van der Waals surface area contributed by atoms with Crippen molar-refractivity contribution in [2.24, 2.45) is 7.05 Å². The lowest BCUT2D eigenvalue weighted by molar-refractivity contribution is 0.102. The Bertz CT molecular complexity index is 592. The van der Waals surface area contributed by atoms with Crippen molar-refractivity contribution in [2.75, 3.05) is 6.54 Å². The summed E-state index contributed by atoms with van der Waals surface area (Å²) in [5, 5.41) is 10.4. The van der Waals surface area contributed by atoms with Gasteiger partial charge in [0.1, 0.15) is 11.6 Å². The quantitative estimate of drug-likeness (QED) is 0.887. The fraction of sp³-hybridized carbons (Fsp3) is 0.438. The van der Waals surface area contributed by atoms with E-state index < -0.39 is 6.10 Å². The summed E-state index contributed by atoms with van der Waals surface area (Å²) in [6.45, 7) is 1.27. The predicted molar refractivity (Wildman–Crippen MR) is 78.0 cm³/mol. The maximum atomic E-state index is 12.9. The van der Waals surface area contributed by atoms with Gasteiger partial charge in [-0.25, -0.2) is 9.37 Å². The van der Waals surface area contributed by atoms with E-state index in [1.54, 1.807) is 18.3 Å². The highest BCUT2D eigenvalue weighted by atomic mass is 19.1. The smallest absolute Gasteiger partial charge is 0.123 e. The Morgan fingerprint density at radius 2 is 2.10 bits per heavy atom. The molecule has 112 valence electrons. The molecule has 1 saturated carbocycles. The minimum atomic E-state index is -0.605. The fourth-order valence-electron chi connectivity index (χ4n) is 2.53. The van der Waals surface area contributed by atoms with Gasteiger partial charge in [-0.1, -0.05) is 12.1 Å². The molecule has 1 N–H and O–H groups in total. The highest BCUT2D eigenvalue weighted by Gasteiger charge is 2.31. The second-order valence-corrected chi connectivity index (χ2v) is 5.68. The highest BCUT2D eigenvalue weighted by Crippen LogP contribution is 2.30. The summed E-state index contributed by atoms with van der Waals surface area (Å²) in [5.41, 5.74) is 0.752. The zero-order valence-corrected chi connectivity index (χ0v) is 12.1. The van der Waals surface area contributed by atoms with Crippen LogP contribution in [0.4, 0.5) is 4.39 Å². The Kier molecular flexibility index (Phi) is 4.03. The number of benzene rings is 1. The van der Waals surface area contributed by atoms with Crippen molar-refractivity contribution in [2.45, 2.75) is 31.5 Å². The van der Waals surface area contributed by atoms with E-state index in [2.05, 4.69) is 9.88 Å². The summed E-state index contributed by atoms with van der Waals surface area (Å²) in [7, 11) is 1.98. The molecule has 1 atom stereocenters. The molecule has 0 aliphatic heterocycles. The second kappa shape index (κ2) is 5.95. The van der Waals surface area contributed by atoms with E-state index in [0.29, 0.717) is 12.6 Å². The molecule has 0 radical (unpaired) electrons. The molecule has 1 heterocycles. The molecular formula is C16H20FN3O. The van der Waals surface area contributed by atoms with E-state index in [0.717, 1.165) is 17.9 Å². The zero-order valence-electron chi connectivity index (χ0n) is 12.1. The number of halogens is 1. The molecule has 0 unspecified atom stereocenters. The molecular weight excluding hydrogens is 269 g/mol. The van der Waals surface area contributed by atoms with Gasteiger partial charge in [0, 0.05) is 32.0 Å². The molecule has 21 heavy (non-hydrogen) atoms. The lowest BCUT2D eigenvalue weighted by atomic mass is 10.1. The molecule has 0 saturated heterocycles. The standard InChI is InChI=1S/C16H20FN3O/c1-19-9-8-18-16(19)11-20(14-6-7-14)10-15(21)12-2-4-13(17)5-3-12/h2-5,8-9,14-15,21H,6-7,10-11H2,1H3/t15-/m1/s1. The Labute approximate surface area is 123 Å². The lowest BCUT2D eigenvalue weighted by Crippen LogP contribution is -2.31. The molecule has 4 nitrogen and oxygen atoms in total. The van der Waals surface area contributed by atoms with Crippen molar-refractivity contribution in [3.05, 3.63) is 53.9 Å². The molecule has 1 aliphatic rings. The highest BCUT2D eigenvalue weighted by molar-refractivity contribution is 5.19. The van der Waals surface area contributed by atoms with Crippen molar-refractivity contribution in [3.8, 4) is 0 Å². The molecule has 5 heteroatoms. The van der Waals surface area contributed by atoms with Crippen LogP contribution in [0.5, 0.6) is 0 Å². The van der Waals surface area contributed by atoms with Crippen molar-refractivity contribution >= 4 is 0 Å². The minimum absolute atomic E-state index is 0.280. The molecule has 1 fully saturated rings. The van der Waals surface area contributed by atoms with Crippen LogP contribution in [0.25, 0.3) is 0 Å². The van der Waals surface area contributed by atoms with Gasteiger partial charge < -0.3 is 9.67 Å². The van der Waals surface area contributed by atoms with Gasteiger partial charge >= 0.3 is 0 Å². The number of rotatable bonds is 6. The molecule has 1 aliphatic carbocycles. The Hall–Kier alpha value is -1.72. The maximum Gasteiger partial charge on any atom is 0.123 e. The first kappa shape index (κ1) is 14.2. The third kappa shape index (κ3) is 3.49. The Morgan fingerprint density at radius 1 is 1.38 bits per heavy atom. The predicted octanol–water partition coefficient (Wildman–Crippen LogP) is 2.26. The van der Waals surface area contributed by atoms with Crippen molar-refractivity contribution in [1.29, 1.82) is 0 Å². The third-order valence-corrected chi connectivity index (χ3v) is 3.99. The Balaban J connectivity index is 1.67. The van der Waals surface area contributed by atoms with Gasteiger partial charge in [0.05, 0.1) is 12.6 Å². The van der Waals surface area contributed by atoms with Gasteiger partial charge in [0.15, 0.2) is 0 Å². The number of aliphatic hydroxyl groups excluding tert-OH is 1. The summed E-state index contributed by atoms with van der Waals surface area (Å²) in [6, 6.07) is 6.59. The SMILES string of the molecule is Cn1ccnc1CN(C[C@@H](O)c1ccc(F)cc1)C1CC1.